The van der Waals surface area contributed by atoms with Crippen LogP contribution in [0.3, 0.4) is 0 Å². The first-order valence-corrected chi connectivity index (χ1v) is 15.4. The number of hydrogen-bond acceptors (Lipinski definition) is 6. The number of nitrogens with one attached hydrogen (secondary N) is 3. The number of aromatic amines is 1. The van der Waals surface area contributed by atoms with Gasteiger partial charge in [0.2, 0.25) is 5.91 Å². The molecule has 0 bridgehead atoms. The molecule has 0 spiro atoms. The Balaban J connectivity index is 1.24. The molecule has 228 valence electrons. The first-order valence-electron chi connectivity index (χ1n) is 13.8. The largest absolute Gasteiger partial charge is 0.448 e. The number of H-pyrrole nitrogens is 1. The number of halogens is 4. The lowest BCUT2D eigenvalue weighted by molar-refractivity contribution is -0.192. The van der Waals surface area contributed by atoms with Crippen LogP contribution >= 0.6 is 23.4 Å². The topological polar surface area (TPSA) is 110 Å². The van der Waals surface area contributed by atoms with Gasteiger partial charge in [0.1, 0.15) is 5.41 Å². The van der Waals surface area contributed by atoms with E-state index in [1.165, 1.54) is 17.8 Å². The van der Waals surface area contributed by atoms with Crippen LogP contribution in [0.15, 0.2) is 21.8 Å². The Kier molecular flexibility index (Phi) is 8.02. The highest BCUT2D eigenvalue weighted by Crippen LogP contribution is 2.58. The third-order valence-electron chi connectivity index (χ3n) is 8.70. The maximum atomic E-state index is 13.3. The van der Waals surface area contributed by atoms with Crippen LogP contribution in [0.5, 0.6) is 11.5 Å². The highest BCUT2D eigenvalue weighted by atomic mass is 35.5. The van der Waals surface area contributed by atoms with Crippen LogP contribution < -0.4 is 25.7 Å². The average molecular weight is 628 g/mol. The minimum Gasteiger partial charge on any atom is -0.448 e. The van der Waals surface area contributed by atoms with E-state index in [2.05, 4.69) is 15.6 Å². The van der Waals surface area contributed by atoms with Crippen molar-refractivity contribution in [1.82, 2.24) is 15.6 Å². The summed E-state index contributed by atoms with van der Waals surface area (Å²) in [6.07, 6.45) is -0.931. The maximum Gasteiger partial charge on any atom is 0.403 e. The van der Waals surface area contributed by atoms with Crippen LogP contribution in [-0.2, 0) is 11.3 Å². The fraction of sp³-hybridized carbons (Fsp3) is 0.552. The van der Waals surface area contributed by atoms with E-state index in [9.17, 15) is 27.6 Å². The van der Waals surface area contributed by atoms with E-state index in [0.29, 0.717) is 48.3 Å². The lowest BCUT2D eigenvalue weighted by Gasteiger charge is -2.37. The molecule has 42 heavy (non-hydrogen) atoms. The molecule has 1 aromatic carbocycles. The molecule has 5 rings (SSSR count). The van der Waals surface area contributed by atoms with E-state index < -0.39 is 29.2 Å². The number of aromatic nitrogens is 1. The summed E-state index contributed by atoms with van der Waals surface area (Å²) in [6.45, 7) is 5.33. The van der Waals surface area contributed by atoms with Crippen LogP contribution in [0.2, 0.25) is 5.02 Å². The number of ether oxygens (including phenoxy) is 2. The van der Waals surface area contributed by atoms with Crippen molar-refractivity contribution in [3.05, 3.63) is 49.9 Å². The highest BCUT2D eigenvalue weighted by molar-refractivity contribution is 7.98. The van der Waals surface area contributed by atoms with Gasteiger partial charge in [-0.3, -0.25) is 14.4 Å². The van der Waals surface area contributed by atoms with Crippen LogP contribution in [0, 0.1) is 25.2 Å². The first kappa shape index (κ1) is 30.6. The van der Waals surface area contributed by atoms with Crippen molar-refractivity contribution in [2.75, 3.05) is 6.26 Å². The summed E-state index contributed by atoms with van der Waals surface area (Å²) in [4.78, 5) is 41.6. The van der Waals surface area contributed by atoms with Gasteiger partial charge >= 0.3 is 6.18 Å². The Morgan fingerprint density at radius 1 is 1.12 bits per heavy atom. The molecule has 2 aromatic rings. The lowest BCUT2D eigenvalue weighted by Crippen LogP contribution is -2.50. The van der Waals surface area contributed by atoms with Gasteiger partial charge in [0.15, 0.2) is 11.5 Å². The second-order valence-electron chi connectivity index (χ2n) is 11.5. The van der Waals surface area contributed by atoms with Crippen molar-refractivity contribution in [1.29, 1.82) is 0 Å². The van der Waals surface area contributed by atoms with Gasteiger partial charge < -0.3 is 25.1 Å². The predicted octanol–water partition coefficient (Wildman–Crippen LogP) is 5.80. The number of benzene rings is 1. The Morgan fingerprint density at radius 2 is 1.76 bits per heavy atom. The van der Waals surface area contributed by atoms with Gasteiger partial charge in [-0.15, -0.1) is 11.8 Å². The summed E-state index contributed by atoms with van der Waals surface area (Å²) >= 11 is 7.97. The molecular formula is C29H33ClF3N3O5S. The summed E-state index contributed by atoms with van der Waals surface area (Å²) in [5.41, 5.74) is -0.506. The molecular weight excluding hydrogens is 595 g/mol. The third-order valence-corrected chi connectivity index (χ3v) is 9.78. The van der Waals surface area contributed by atoms with E-state index in [4.69, 9.17) is 21.1 Å². The standard InChI is InChI=1S/C29H33ClF3N3O5S/c1-14-11-21(42-4)19(25(38)35-14)13-34-24(37)18-12-20(30)23-22(15(18)2)40-27(3,41-23)16-5-7-17(8-6-16)36-26(39)28(9-10-28)29(31,32)33/h11-12,16-17H,5-10,13H2,1-4H3,(H,34,37)(H,35,38)(H,36,39). The number of aryl methyl sites for hydroxylation is 1. The number of carbonyl (C=O) groups is 2. The summed E-state index contributed by atoms with van der Waals surface area (Å²) in [5.74, 6) is -1.91. The number of amides is 2. The van der Waals surface area contributed by atoms with Gasteiger partial charge in [0.25, 0.3) is 17.3 Å². The molecule has 13 heteroatoms. The molecule has 1 atom stereocenters. The molecule has 2 heterocycles. The van der Waals surface area contributed by atoms with Gasteiger partial charge in [0, 0.05) is 52.7 Å². The molecule has 2 amide bonds. The van der Waals surface area contributed by atoms with Gasteiger partial charge in [-0.1, -0.05) is 11.6 Å². The molecule has 3 N–H and O–H groups in total. The van der Waals surface area contributed by atoms with Gasteiger partial charge in [-0.2, -0.15) is 13.2 Å². The van der Waals surface area contributed by atoms with Gasteiger partial charge in [-0.25, -0.2) is 0 Å². The molecule has 8 nitrogen and oxygen atoms in total. The smallest absolute Gasteiger partial charge is 0.403 e. The van der Waals surface area contributed by atoms with Crippen molar-refractivity contribution in [2.24, 2.45) is 11.3 Å². The van der Waals surface area contributed by atoms with Gasteiger partial charge in [0.05, 0.1) is 5.02 Å². The Bertz CT molecular complexity index is 1480. The van der Waals surface area contributed by atoms with E-state index in [1.54, 1.807) is 20.8 Å². The van der Waals surface area contributed by atoms with Crippen LogP contribution in [0.25, 0.3) is 0 Å². The Labute approximate surface area is 250 Å². The minimum atomic E-state index is -4.54. The molecule has 1 aromatic heterocycles. The van der Waals surface area contributed by atoms with Crippen molar-refractivity contribution >= 4 is 35.2 Å². The zero-order chi connectivity index (χ0) is 30.6. The number of pyridine rings is 1. The number of carbonyl (C=O) groups excluding carboxylic acids is 2. The molecule has 3 aliphatic rings. The van der Waals surface area contributed by atoms with Crippen LogP contribution in [-0.4, -0.2) is 41.1 Å². The van der Waals surface area contributed by atoms with Gasteiger partial charge in [-0.05, 0) is 70.8 Å². The number of alkyl halides is 3. The van der Waals surface area contributed by atoms with E-state index in [0.717, 1.165) is 10.6 Å². The summed E-state index contributed by atoms with van der Waals surface area (Å²) in [5, 5.41) is 5.62. The van der Waals surface area contributed by atoms with E-state index in [-0.39, 0.29) is 47.5 Å². The second kappa shape index (κ2) is 11.0. The Morgan fingerprint density at radius 3 is 2.36 bits per heavy atom. The predicted molar refractivity (Wildman–Crippen MR) is 152 cm³/mol. The number of fused-ring (bicyclic) bond motifs is 1. The molecule has 2 saturated carbocycles. The molecule has 2 fully saturated rings. The molecule has 2 aliphatic carbocycles. The zero-order valence-electron chi connectivity index (χ0n) is 23.7. The quantitative estimate of drug-likeness (QED) is 0.335. The van der Waals surface area contributed by atoms with Crippen LogP contribution in [0.1, 0.15) is 72.6 Å². The molecule has 1 unspecified atom stereocenters. The third kappa shape index (κ3) is 5.47. The summed E-state index contributed by atoms with van der Waals surface area (Å²) in [7, 11) is 0. The second-order valence-corrected chi connectivity index (χ2v) is 12.8. The summed E-state index contributed by atoms with van der Waals surface area (Å²) < 4.78 is 52.5. The van der Waals surface area contributed by atoms with Crippen molar-refractivity contribution in [2.45, 2.75) is 88.7 Å². The van der Waals surface area contributed by atoms with Crippen molar-refractivity contribution < 1.29 is 32.2 Å². The molecule has 0 radical (unpaired) electrons. The molecule has 0 saturated heterocycles. The highest BCUT2D eigenvalue weighted by Gasteiger charge is 2.68. The zero-order valence-corrected chi connectivity index (χ0v) is 25.3. The maximum absolute atomic E-state index is 13.3. The normalized spacial score (nSPS) is 24.3. The fourth-order valence-corrected chi connectivity index (χ4v) is 6.84. The number of rotatable bonds is 7. The number of thioether (sulfide) groups is 1. The summed E-state index contributed by atoms with van der Waals surface area (Å²) in [6, 6.07) is 3.01. The average Bonchev–Trinajstić information content (AvgIpc) is 3.67. The van der Waals surface area contributed by atoms with Crippen molar-refractivity contribution in [3.63, 3.8) is 0 Å². The first-order chi connectivity index (χ1) is 19.7. The SMILES string of the molecule is CSc1cc(C)[nH]c(=O)c1CNC(=O)c1cc(Cl)c2c(c1C)OC(C)(C1CCC(NC(=O)C3(C(F)(F)F)CC3)CC1)O2. The number of hydrogen-bond donors (Lipinski definition) is 3. The fourth-order valence-electron chi connectivity index (χ4n) is 5.90. The minimum absolute atomic E-state index is 0.0255. The van der Waals surface area contributed by atoms with E-state index >= 15 is 0 Å². The van der Waals surface area contributed by atoms with Crippen LogP contribution in [0.4, 0.5) is 13.2 Å². The Hall–Kier alpha value is -2.86. The lowest BCUT2D eigenvalue weighted by atomic mass is 9.81. The van der Waals surface area contributed by atoms with E-state index in [1.807, 2.05) is 12.3 Å². The monoisotopic (exact) mass is 627 g/mol. The molecule has 1 aliphatic heterocycles. The van der Waals surface area contributed by atoms with Crippen molar-refractivity contribution in [3.8, 4) is 11.5 Å².